The van der Waals surface area contributed by atoms with Gasteiger partial charge in [-0.05, 0) is 55.9 Å². The third kappa shape index (κ3) is 3.19. The zero-order valence-corrected chi connectivity index (χ0v) is 15.5. The Morgan fingerprint density at radius 2 is 1.88 bits per heavy atom. The Balaban J connectivity index is 2.16. The molecule has 0 spiro atoms. The van der Waals surface area contributed by atoms with E-state index in [-0.39, 0.29) is 5.02 Å². The number of hydrogen-bond donors (Lipinski definition) is 1. The lowest BCUT2D eigenvalue weighted by molar-refractivity contribution is 0.560. The van der Waals surface area contributed by atoms with E-state index in [1.165, 1.54) is 27.8 Å². The molecule has 134 valence electrons. The molecule has 8 heteroatoms. The minimum Gasteiger partial charge on any atom is -0.320 e. The molecular weight excluding hydrogens is 365 g/mol. The van der Waals surface area contributed by atoms with Gasteiger partial charge < -0.3 is 5.32 Å². The minimum atomic E-state index is -3.76. The van der Waals surface area contributed by atoms with E-state index in [0.29, 0.717) is 29.9 Å². The van der Waals surface area contributed by atoms with Crippen LogP contribution in [0.5, 0.6) is 0 Å². The van der Waals surface area contributed by atoms with Crippen LogP contribution in [-0.2, 0) is 10.2 Å². The molecule has 0 radical (unpaired) electrons. The molecule has 0 aromatic heterocycles. The van der Waals surface area contributed by atoms with Gasteiger partial charge in [0.05, 0.1) is 17.4 Å². The molecule has 3 rings (SSSR count). The van der Waals surface area contributed by atoms with Crippen molar-refractivity contribution in [3.63, 3.8) is 0 Å². The second-order valence-electron chi connectivity index (χ2n) is 5.87. The van der Waals surface area contributed by atoms with Gasteiger partial charge in [0, 0.05) is 12.1 Å². The number of hydrogen-bond acceptors (Lipinski definition) is 3. The zero-order chi connectivity index (χ0) is 18.2. The highest BCUT2D eigenvalue weighted by molar-refractivity contribution is 7.94. The number of para-hydroxylation sites is 2. The molecule has 0 unspecified atom stereocenters. The van der Waals surface area contributed by atoms with Crippen molar-refractivity contribution in [1.29, 1.82) is 0 Å². The Hall–Kier alpha value is -1.83. The molecule has 1 N–H and O–H groups in total. The van der Waals surface area contributed by atoms with Crippen molar-refractivity contribution in [2.45, 2.75) is 12.5 Å². The number of benzene rings is 2. The fraction of sp³-hybridized carbons (Fsp3) is 0.294. The molecule has 0 saturated heterocycles. The van der Waals surface area contributed by atoms with E-state index in [4.69, 9.17) is 11.6 Å². The van der Waals surface area contributed by atoms with E-state index in [1.54, 1.807) is 37.4 Å². The van der Waals surface area contributed by atoms with Crippen LogP contribution >= 0.6 is 11.6 Å². The summed E-state index contributed by atoms with van der Waals surface area (Å²) in [6.07, 6.45) is 0.470. The molecule has 5 nitrogen and oxygen atoms in total. The van der Waals surface area contributed by atoms with Gasteiger partial charge in [0.25, 0.3) is 0 Å². The zero-order valence-electron chi connectivity index (χ0n) is 13.9. The van der Waals surface area contributed by atoms with Crippen molar-refractivity contribution in [2.24, 2.45) is 0 Å². The smallest absolute Gasteiger partial charge is 0.320 e. The quantitative estimate of drug-likeness (QED) is 0.861. The predicted octanol–water partition coefficient (Wildman–Crippen LogP) is 3.33. The summed E-state index contributed by atoms with van der Waals surface area (Å²) in [7, 11) is -0.453. The molecule has 1 aliphatic rings. The third-order valence-electron chi connectivity index (χ3n) is 4.27. The van der Waals surface area contributed by atoms with Gasteiger partial charge in [0.2, 0.25) is 0 Å². The van der Waals surface area contributed by atoms with Crippen LogP contribution in [0.3, 0.4) is 0 Å². The highest BCUT2D eigenvalue weighted by Gasteiger charge is 2.42. The Morgan fingerprint density at radius 1 is 1.20 bits per heavy atom. The molecule has 1 atom stereocenters. The van der Waals surface area contributed by atoms with Crippen molar-refractivity contribution in [3.05, 3.63) is 58.9 Å². The predicted molar refractivity (Wildman–Crippen MR) is 98.9 cm³/mol. The van der Waals surface area contributed by atoms with Crippen LogP contribution in [0.1, 0.15) is 18.0 Å². The van der Waals surface area contributed by atoms with Crippen LogP contribution < -0.4 is 13.9 Å². The van der Waals surface area contributed by atoms with Gasteiger partial charge in [-0.2, -0.15) is 8.42 Å². The van der Waals surface area contributed by atoms with Gasteiger partial charge in [-0.1, -0.05) is 23.7 Å². The second kappa shape index (κ2) is 6.82. The maximum atomic E-state index is 13.9. The van der Waals surface area contributed by atoms with E-state index in [0.717, 1.165) is 0 Å². The molecular formula is C17H19ClFN3O2S. The summed E-state index contributed by atoms with van der Waals surface area (Å²) < 4.78 is 42.5. The van der Waals surface area contributed by atoms with E-state index in [9.17, 15) is 12.8 Å². The lowest BCUT2D eigenvalue weighted by atomic mass is 10.0. The summed E-state index contributed by atoms with van der Waals surface area (Å²) in [5, 5.41) is 3.26. The van der Waals surface area contributed by atoms with E-state index in [1.807, 2.05) is 0 Å². The minimum absolute atomic E-state index is 0.239. The highest BCUT2D eigenvalue weighted by atomic mass is 35.5. The third-order valence-corrected chi connectivity index (χ3v) is 6.33. The number of halogens is 2. The van der Waals surface area contributed by atoms with Crippen molar-refractivity contribution in [2.75, 3.05) is 29.3 Å². The van der Waals surface area contributed by atoms with E-state index in [2.05, 4.69) is 5.32 Å². The number of rotatable bonds is 5. The van der Waals surface area contributed by atoms with Crippen LogP contribution in [0.4, 0.5) is 15.8 Å². The van der Waals surface area contributed by atoms with Crippen molar-refractivity contribution in [1.82, 2.24) is 5.32 Å². The van der Waals surface area contributed by atoms with Crippen LogP contribution in [0, 0.1) is 5.82 Å². The lowest BCUT2D eigenvalue weighted by Crippen LogP contribution is -2.39. The number of anilines is 2. The standard InChI is InChI=1S/C17H19ClFN3O2S/c1-20-8-7-15(12-9-13(18)11-14(19)10-12)22-17-6-4-3-5-16(17)21(2)25(22,23)24/h3-6,9-11,15,20H,7-8H2,1-2H3/t15-/m0/s1. The Labute approximate surface area is 152 Å². The average molecular weight is 384 g/mol. The van der Waals surface area contributed by atoms with Crippen LogP contribution in [0.15, 0.2) is 42.5 Å². The van der Waals surface area contributed by atoms with Crippen molar-refractivity contribution >= 4 is 33.2 Å². The van der Waals surface area contributed by atoms with E-state index < -0.39 is 22.1 Å². The van der Waals surface area contributed by atoms with Crippen LogP contribution in [-0.4, -0.2) is 29.1 Å². The summed E-state index contributed by atoms with van der Waals surface area (Å²) in [6, 6.07) is 10.7. The van der Waals surface area contributed by atoms with Gasteiger partial charge in [-0.3, -0.25) is 4.31 Å². The highest BCUT2D eigenvalue weighted by Crippen LogP contribution is 2.45. The Kier molecular flexibility index (Phi) is 4.90. The maximum absolute atomic E-state index is 13.9. The first kappa shape index (κ1) is 18.0. The van der Waals surface area contributed by atoms with Gasteiger partial charge >= 0.3 is 10.2 Å². The first-order valence-electron chi connectivity index (χ1n) is 7.84. The first-order chi connectivity index (χ1) is 11.9. The molecule has 1 heterocycles. The average Bonchev–Trinajstić information content (AvgIpc) is 2.75. The number of nitrogens with zero attached hydrogens (tertiary/aromatic N) is 2. The molecule has 1 aliphatic heterocycles. The second-order valence-corrected chi connectivity index (χ2v) is 8.14. The molecule has 2 aromatic carbocycles. The van der Waals surface area contributed by atoms with Gasteiger partial charge in [-0.25, -0.2) is 8.70 Å². The Morgan fingerprint density at radius 3 is 2.52 bits per heavy atom. The number of nitrogens with one attached hydrogen (secondary N) is 1. The summed E-state index contributed by atoms with van der Waals surface area (Å²) >= 11 is 6.00. The maximum Gasteiger partial charge on any atom is 0.326 e. The van der Waals surface area contributed by atoms with Crippen molar-refractivity contribution in [3.8, 4) is 0 Å². The molecule has 0 aliphatic carbocycles. The van der Waals surface area contributed by atoms with E-state index >= 15 is 0 Å². The monoisotopic (exact) mass is 383 g/mol. The van der Waals surface area contributed by atoms with Gasteiger partial charge in [-0.15, -0.1) is 0 Å². The SMILES string of the molecule is CNCC[C@@H](c1cc(F)cc(Cl)c1)N1c2ccccc2N(C)S1(=O)=O. The fourth-order valence-electron chi connectivity index (χ4n) is 3.09. The first-order valence-corrected chi connectivity index (χ1v) is 9.61. The lowest BCUT2D eigenvalue weighted by Gasteiger charge is -2.29. The Bertz CT molecular complexity index is 871. The topological polar surface area (TPSA) is 52.6 Å². The summed E-state index contributed by atoms with van der Waals surface area (Å²) in [5.41, 5.74) is 1.69. The summed E-state index contributed by atoms with van der Waals surface area (Å²) in [4.78, 5) is 0. The van der Waals surface area contributed by atoms with Crippen LogP contribution in [0.2, 0.25) is 5.02 Å². The number of fused-ring (bicyclic) bond motifs is 1. The summed E-state index contributed by atoms with van der Waals surface area (Å²) in [6.45, 7) is 0.566. The fourth-order valence-corrected chi connectivity index (χ4v) is 4.94. The van der Waals surface area contributed by atoms with Crippen LogP contribution in [0.25, 0.3) is 0 Å². The summed E-state index contributed by atoms with van der Waals surface area (Å²) in [5.74, 6) is -0.491. The van der Waals surface area contributed by atoms with Gasteiger partial charge in [0.15, 0.2) is 0 Å². The van der Waals surface area contributed by atoms with Crippen molar-refractivity contribution < 1.29 is 12.8 Å². The molecule has 0 bridgehead atoms. The molecule has 0 fully saturated rings. The molecule has 0 saturated carbocycles. The molecule has 0 amide bonds. The molecule has 25 heavy (non-hydrogen) atoms. The van der Waals surface area contributed by atoms with Gasteiger partial charge in [0.1, 0.15) is 5.82 Å². The normalized spacial score (nSPS) is 16.8. The molecule has 2 aromatic rings. The largest absolute Gasteiger partial charge is 0.326 e.